The summed E-state index contributed by atoms with van der Waals surface area (Å²) in [5.41, 5.74) is 2.65. The molecule has 3 rings (SSSR count). The summed E-state index contributed by atoms with van der Waals surface area (Å²) in [5, 5.41) is 0. The van der Waals surface area contributed by atoms with Gasteiger partial charge in [-0.3, -0.25) is 0 Å². The first kappa shape index (κ1) is 11.1. The molecule has 1 spiro atoms. The predicted molar refractivity (Wildman–Crippen MR) is 67.3 cm³/mol. The minimum Gasteiger partial charge on any atom is -0.371 e. The van der Waals surface area contributed by atoms with Crippen molar-refractivity contribution in [3.63, 3.8) is 0 Å². The molecule has 0 unspecified atom stereocenters. The zero-order chi connectivity index (χ0) is 11.7. The molecule has 3 heteroatoms. The van der Waals surface area contributed by atoms with E-state index in [1.54, 1.807) is 0 Å². The van der Waals surface area contributed by atoms with Crippen molar-refractivity contribution in [2.45, 2.75) is 25.4 Å². The molecule has 0 bridgehead atoms. The van der Waals surface area contributed by atoms with Crippen LogP contribution in [-0.2, 0) is 9.47 Å². The number of hydrogen-bond acceptors (Lipinski definition) is 3. The van der Waals surface area contributed by atoms with Gasteiger partial charge in [0, 0.05) is 18.8 Å². The average Bonchev–Trinajstić information content (AvgIpc) is 2.80. The summed E-state index contributed by atoms with van der Waals surface area (Å²) in [6.07, 6.45) is 2.14. The fourth-order valence-electron chi connectivity index (χ4n) is 2.65. The normalized spacial score (nSPS) is 23.2. The van der Waals surface area contributed by atoms with Gasteiger partial charge in [-0.1, -0.05) is 17.7 Å². The van der Waals surface area contributed by atoms with Crippen LogP contribution < -0.4 is 4.90 Å². The van der Waals surface area contributed by atoms with Gasteiger partial charge in [0.1, 0.15) is 6.79 Å². The minimum absolute atomic E-state index is 0.0151. The van der Waals surface area contributed by atoms with Crippen LogP contribution in [0.3, 0.4) is 0 Å². The Morgan fingerprint density at radius 1 is 1.12 bits per heavy atom. The molecule has 2 saturated heterocycles. The lowest BCUT2D eigenvalue weighted by molar-refractivity contribution is -0.0219. The molecule has 0 atom stereocenters. The number of nitrogens with zero attached hydrogens (tertiary/aromatic N) is 1. The molecule has 0 amide bonds. The van der Waals surface area contributed by atoms with E-state index >= 15 is 0 Å². The Kier molecular flexibility index (Phi) is 2.81. The Bertz CT molecular complexity index is 372. The second kappa shape index (κ2) is 4.31. The standard InChI is InChI=1S/C14H19NO2/c1-12-2-4-13(5-3-12)15-8-6-14(7-9-15)10-16-11-17-14/h2-5H,6-11H2,1H3. The molecule has 2 aliphatic rings. The summed E-state index contributed by atoms with van der Waals surface area (Å²) >= 11 is 0. The number of piperidine rings is 1. The quantitative estimate of drug-likeness (QED) is 0.743. The number of benzene rings is 1. The second-order valence-corrected chi connectivity index (χ2v) is 5.12. The number of ether oxygens (including phenoxy) is 2. The first-order valence-corrected chi connectivity index (χ1v) is 6.31. The van der Waals surface area contributed by atoms with Crippen LogP contribution in [0.5, 0.6) is 0 Å². The largest absolute Gasteiger partial charge is 0.371 e. The van der Waals surface area contributed by atoms with Crippen molar-refractivity contribution in [1.29, 1.82) is 0 Å². The summed E-state index contributed by atoms with van der Waals surface area (Å²) in [4.78, 5) is 2.44. The van der Waals surface area contributed by atoms with Crippen molar-refractivity contribution in [1.82, 2.24) is 0 Å². The summed E-state index contributed by atoms with van der Waals surface area (Å²) in [6, 6.07) is 8.77. The van der Waals surface area contributed by atoms with Gasteiger partial charge in [-0.05, 0) is 31.9 Å². The van der Waals surface area contributed by atoms with Gasteiger partial charge in [0.2, 0.25) is 0 Å². The van der Waals surface area contributed by atoms with Crippen LogP contribution in [0.25, 0.3) is 0 Å². The highest BCUT2D eigenvalue weighted by molar-refractivity contribution is 5.48. The van der Waals surface area contributed by atoms with Gasteiger partial charge in [-0.15, -0.1) is 0 Å². The van der Waals surface area contributed by atoms with Crippen molar-refractivity contribution in [3.05, 3.63) is 29.8 Å². The van der Waals surface area contributed by atoms with Crippen molar-refractivity contribution in [2.75, 3.05) is 31.4 Å². The highest BCUT2D eigenvalue weighted by Gasteiger charge is 2.39. The maximum absolute atomic E-state index is 5.74. The molecule has 3 nitrogen and oxygen atoms in total. The highest BCUT2D eigenvalue weighted by atomic mass is 16.7. The van der Waals surface area contributed by atoms with Gasteiger partial charge in [0.25, 0.3) is 0 Å². The highest BCUT2D eigenvalue weighted by Crippen LogP contribution is 2.32. The van der Waals surface area contributed by atoms with Crippen molar-refractivity contribution in [3.8, 4) is 0 Å². The lowest BCUT2D eigenvalue weighted by Crippen LogP contribution is -2.45. The Balaban J connectivity index is 1.66. The number of rotatable bonds is 1. The van der Waals surface area contributed by atoms with E-state index in [9.17, 15) is 0 Å². The summed E-state index contributed by atoms with van der Waals surface area (Å²) in [7, 11) is 0. The van der Waals surface area contributed by atoms with E-state index in [-0.39, 0.29) is 5.60 Å². The van der Waals surface area contributed by atoms with Crippen LogP contribution >= 0.6 is 0 Å². The Hall–Kier alpha value is -1.06. The smallest absolute Gasteiger partial charge is 0.147 e. The third-order valence-corrected chi connectivity index (χ3v) is 3.89. The summed E-state index contributed by atoms with van der Waals surface area (Å²) < 4.78 is 11.1. The monoisotopic (exact) mass is 233 g/mol. The molecule has 0 saturated carbocycles. The maximum Gasteiger partial charge on any atom is 0.147 e. The van der Waals surface area contributed by atoms with E-state index in [1.807, 2.05) is 0 Å². The van der Waals surface area contributed by atoms with Crippen LogP contribution in [0.4, 0.5) is 5.69 Å². The van der Waals surface area contributed by atoms with Gasteiger partial charge in [-0.2, -0.15) is 0 Å². The van der Waals surface area contributed by atoms with Gasteiger partial charge in [0.05, 0.1) is 12.2 Å². The molecule has 0 aliphatic carbocycles. The van der Waals surface area contributed by atoms with Crippen LogP contribution in [0, 0.1) is 6.92 Å². The number of anilines is 1. The molecule has 0 aromatic heterocycles. The zero-order valence-electron chi connectivity index (χ0n) is 10.3. The van der Waals surface area contributed by atoms with Crippen molar-refractivity contribution < 1.29 is 9.47 Å². The third-order valence-electron chi connectivity index (χ3n) is 3.89. The number of aryl methyl sites for hydroxylation is 1. The minimum atomic E-state index is 0.0151. The summed E-state index contributed by atoms with van der Waals surface area (Å²) in [5.74, 6) is 0. The number of hydrogen-bond donors (Lipinski definition) is 0. The van der Waals surface area contributed by atoms with E-state index in [0.29, 0.717) is 6.79 Å². The van der Waals surface area contributed by atoms with Crippen LogP contribution in [-0.4, -0.2) is 32.1 Å². The topological polar surface area (TPSA) is 21.7 Å². The van der Waals surface area contributed by atoms with E-state index in [1.165, 1.54) is 11.3 Å². The molecule has 92 valence electrons. The van der Waals surface area contributed by atoms with Gasteiger partial charge < -0.3 is 14.4 Å². The van der Waals surface area contributed by atoms with Crippen LogP contribution in [0.2, 0.25) is 0 Å². The molecule has 0 radical (unpaired) electrons. The first-order chi connectivity index (χ1) is 8.27. The van der Waals surface area contributed by atoms with Gasteiger partial charge in [0.15, 0.2) is 0 Å². The van der Waals surface area contributed by atoms with Crippen molar-refractivity contribution in [2.24, 2.45) is 0 Å². The molecule has 2 heterocycles. The maximum atomic E-state index is 5.74. The fourth-order valence-corrected chi connectivity index (χ4v) is 2.65. The van der Waals surface area contributed by atoms with E-state index in [2.05, 4.69) is 36.1 Å². The Morgan fingerprint density at radius 3 is 2.41 bits per heavy atom. The molecule has 1 aromatic carbocycles. The van der Waals surface area contributed by atoms with Gasteiger partial charge >= 0.3 is 0 Å². The van der Waals surface area contributed by atoms with Crippen molar-refractivity contribution >= 4 is 5.69 Å². The van der Waals surface area contributed by atoms with Crippen LogP contribution in [0.1, 0.15) is 18.4 Å². The molecule has 0 N–H and O–H groups in total. The zero-order valence-corrected chi connectivity index (χ0v) is 10.3. The van der Waals surface area contributed by atoms with E-state index < -0.39 is 0 Å². The third kappa shape index (κ3) is 2.17. The lowest BCUT2D eigenvalue weighted by Gasteiger charge is -2.38. The fraction of sp³-hybridized carbons (Fsp3) is 0.571. The summed E-state index contributed by atoms with van der Waals surface area (Å²) in [6.45, 7) is 5.50. The van der Waals surface area contributed by atoms with Crippen LogP contribution in [0.15, 0.2) is 24.3 Å². The molecule has 2 aliphatic heterocycles. The Morgan fingerprint density at radius 2 is 1.82 bits per heavy atom. The first-order valence-electron chi connectivity index (χ1n) is 6.31. The average molecular weight is 233 g/mol. The predicted octanol–water partition coefficient (Wildman–Crippen LogP) is 2.34. The molecular formula is C14H19NO2. The molecular weight excluding hydrogens is 214 g/mol. The van der Waals surface area contributed by atoms with E-state index in [0.717, 1.165) is 32.5 Å². The molecule has 1 aromatic rings. The SMILES string of the molecule is Cc1ccc(N2CCC3(CC2)COCO3)cc1. The molecule has 17 heavy (non-hydrogen) atoms. The Labute approximate surface area is 102 Å². The molecule has 2 fully saturated rings. The van der Waals surface area contributed by atoms with Gasteiger partial charge in [-0.25, -0.2) is 0 Å². The second-order valence-electron chi connectivity index (χ2n) is 5.12. The van der Waals surface area contributed by atoms with E-state index in [4.69, 9.17) is 9.47 Å². The lowest BCUT2D eigenvalue weighted by atomic mass is 9.92.